The lowest BCUT2D eigenvalue weighted by Crippen LogP contribution is -2.57. The van der Waals surface area contributed by atoms with Crippen LogP contribution in [0.2, 0.25) is 0 Å². The van der Waals surface area contributed by atoms with E-state index in [-0.39, 0.29) is 18.0 Å². The van der Waals surface area contributed by atoms with E-state index in [9.17, 15) is 9.59 Å². The minimum Gasteiger partial charge on any atom is -0.378 e. The molecule has 1 atom stereocenters. The molecule has 0 radical (unpaired) electrons. The van der Waals surface area contributed by atoms with Crippen LogP contribution in [-0.2, 0) is 9.53 Å². The molecule has 0 bridgehead atoms. The van der Waals surface area contributed by atoms with E-state index in [2.05, 4.69) is 15.4 Å². The lowest BCUT2D eigenvalue weighted by molar-refractivity contribution is -0.121. The monoisotopic (exact) mass is 351 g/mol. The van der Waals surface area contributed by atoms with Crippen LogP contribution < -0.4 is 5.32 Å². The third-order valence-electron chi connectivity index (χ3n) is 4.67. The second-order valence-electron chi connectivity index (χ2n) is 6.40. The third-order valence-corrected chi connectivity index (χ3v) is 4.67. The van der Waals surface area contributed by atoms with Crippen LogP contribution >= 0.6 is 0 Å². The molecule has 3 rings (SSSR count). The van der Waals surface area contributed by atoms with E-state index in [1.165, 1.54) is 0 Å². The molecular weight excluding hydrogens is 326 g/mol. The Morgan fingerprint density at radius 1 is 1.12 bits per heavy atom. The van der Waals surface area contributed by atoms with Crippen molar-refractivity contribution in [3.63, 3.8) is 0 Å². The van der Waals surface area contributed by atoms with Gasteiger partial charge in [0.2, 0.25) is 11.8 Å². The average molecular weight is 351 g/mol. The first-order valence-electron chi connectivity index (χ1n) is 8.64. The van der Waals surface area contributed by atoms with Crippen LogP contribution in [-0.4, -0.2) is 90.3 Å². The molecule has 25 heavy (non-hydrogen) atoms. The van der Waals surface area contributed by atoms with Gasteiger partial charge in [0.15, 0.2) is 0 Å². The van der Waals surface area contributed by atoms with Crippen molar-refractivity contribution >= 4 is 17.8 Å². The fourth-order valence-electron chi connectivity index (χ4n) is 3.07. The van der Waals surface area contributed by atoms with Gasteiger partial charge in [0, 0.05) is 45.3 Å². The lowest BCUT2D eigenvalue weighted by atomic mass is 10.2. The molecule has 2 aliphatic rings. The fraction of sp³-hybridized carbons (Fsp3) is 0.688. The Balaban J connectivity index is 1.47. The van der Waals surface area contributed by atoms with Gasteiger partial charge in [-0.2, -0.15) is 0 Å². The van der Waals surface area contributed by atoms with E-state index >= 15 is 0 Å². The number of nitrogens with one attached hydrogen (secondary N) is 1. The highest BCUT2D eigenvalue weighted by Gasteiger charge is 2.30. The first kappa shape index (κ1) is 17.7. The van der Waals surface area contributed by atoms with E-state index in [4.69, 9.17) is 9.26 Å². The predicted molar refractivity (Wildman–Crippen MR) is 90.3 cm³/mol. The van der Waals surface area contributed by atoms with E-state index in [1.807, 2.05) is 16.7 Å². The minimum absolute atomic E-state index is 0.0668. The summed E-state index contributed by atoms with van der Waals surface area (Å²) in [5.41, 5.74) is 0.721. The second-order valence-corrected chi connectivity index (χ2v) is 6.40. The van der Waals surface area contributed by atoms with Crippen LogP contribution in [0.3, 0.4) is 0 Å². The molecule has 138 valence electrons. The number of carbonyl (C=O) groups is 2. The molecule has 1 aromatic rings. The number of piperazine rings is 1. The summed E-state index contributed by atoms with van der Waals surface area (Å²) in [6.07, 6.45) is 0. The average Bonchev–Trinajstić information content (AvgIpc) is 3.06. The van der Waals surface area contributed by atoms with E-state index < -0.39 is 0 Å². The molecule has 3 amide bonds. The van der Waals surface area contributed by atoms with Gasteiger partial charge in [-0.1, -0.05) is 5.16 Å². The van der Waals surface area contributed by atoms with E-state index in [0.29, 0.717) is 58.4 Å². The Kier molecular flexibility index (Phi) is 5.54. The molecule has 2 saturated heterocycles. The maximum Gasteiger partial charge on any atom is 0.320 e. The zero-order chi connectivity index (χ0) is 17.8. The number of hydrogen-bond donors (Lipinski definition) is 1. The summed E-state index contributed by atoms with van der Waals surface area (Å²) < 4.78 is 10.3. The minimum atomic E-state index is -0.300. The van der Waals surface area contributed by atoms with Gasteiger partial charge in [0.05, 0.1) is 24.9 Å². The molecule has 1 N–H and O–H groups in total. The molecule has 1 aromatic heterocycles. The number of ether oxygens (including phenoxy) is 1. The first-order valence-corrected chi connectivity index (χ1v) is 8.64. The Morgan fingerprint density at radius 2 is 1.76 bits per heavy atom. The quantitative estimate of drug-likeness (QED) is 0.847. The van der Waals surface area contributed by atoms with Gasteiger partial charge in [-0.25, -0.2) is 4.79 Å². The number of urea groups is 1. The molecule has 0 unspecified atom stereocenters. The number of anilines is 1. The fourth-order valence-corrected chi connectivity index (χ4v) is 3.07. The Labute approximate surface area is 146 Å². The summed E-state index contributed by atoms with van der Waals surface area (Å²) in [6, 6.07) is 1.45. The van der Waals surface area contributed by atoms with Gasteiger partial charge in [-0.15, -0.1) is 0 Å². The van der Waals surface area contributed by atoms with Crippen molar-refractivity contribution in [2.24, 2.45) is 0 Å². The molecular formula is C16H25N5O4. The Hall–Kier alpha value is -2.13. The van der Waals surface area contributed by atoms with Gasteiger partial charge in [-0.05, 0) is 13.8 Å². The molecule has 2 fully saturated rings. The smallest absolute Gasteiger partial charge is 0.320 e. The van der Waals surface area contributed by atoms with Gasteiger partial charge < -0.3 is 19.1 Å². The van der Waals surface area contributed by atoms with Crippen molar-refractivity contribution in [1.82, 2.24) is 19.9 Å². The summed E-state index contributed by atoms with van der Waals surface area (Å²) in [5.74, 6) is 0.222. The molecule has 9 heteroatoms. The Bertz CT molecular complexity index is 605. The number of hydrogen-bond acceptors (Lipinski definition) is 6. The first-order chi connectivity index (χ1) is 12.0. The van der Waals surface area contributed by atoms with Crippen LogP contribution in [0.1, 0.15) is 12.6 Å². The number of nitrogens with zero attached hydrogens (tertiary/aromatic N) is 4. The van der Waals surface area contributed by atoms with Gasteiger partial charge in [-0.3, -0.25) is 15.0 Å². The summed E-state index contributed by atoms with van der Waals surface area (Å²) in [6.45, 7) is 8.73. The summed E-state index contributed by atoms with van der Waals surface area (Å²) in [7, 11) is 0. The van der Waals surface area contributed by atoms with Crippen molar-refractivity contribution in [3.8, 4) is 0 Å². The van der Waals surface area contributed by atoms with Gasteiger partial charge >= 0.3 is 6.03 Å². The Morgan fingerprint density at radius 3 is 2.36 bits per heavy atom. The highest BCUT2D eigenvalue weighted by atomic mass is 16.5. The topological polar surface area (TPSA) is 91.2 Å². The number of carbonyl (C=O) groups excluding carboxylic acids is 2. The highest BCUT2D eigenvalue weighted by molar-refractivity contribution is 5.93. The number of morpholine rings is 1. The van der Waals surface area contributed by atoms with Crippen LogP contribution in [0.5, 0.6) is 0 Å². The maximum absolute atomic E-state index is 12.5. The molecule has 9 nitrogen and oxygen atoms in total. The maximum atomic E-state index is 12.5. The number of aryl methyl sites for hydroxylation is 1. The zero-order valence-corrected chi connectivity index (χ0v) is 14.7. The second kappa shape index (κ2) is 7.83. The highest BCUT2D eigenvalue weighted by Crippen LogP contribution is 2.13. The SMILES string of the molecule is Cc1cc(NC(=O)[C@H](C)N2CCN(C(=O)N3CCOCC3)CC2)on1. The number of rotatable bonds is 3. The number of aromatic nitrogens is 1. The number of amides is 3. The van der Waals surface area contributed by atoms with E-state index in [0.717, 1.165) is 5.69 Å². The molecule has 0 spiro atoms. The van der Waals surface area contributed by atoms with Crippen LogP contribution in [0, 0.1) is 6.92 Å². The molecule has 0 aromatic carbocycles. The van der Waals surface area contributed by atoms with E-state index in [1.54, 1.807) is 13.0 Å². The van der Waals surface area contributed by atoms with Crippen molar-refractivity contribution < 1.29 is 18.8 Å². The van der Waals surface area contributed by atoms with Crippen LogP contribution in [0.25, 0.3) is 0 Å². The van der Waals surface area contributed by atoms with Gasteiger partial charge in [0.25, 0.3) is 0 Å². The normalized spacial score (nSPS) is 20.4. The summed E-state index contributed by atoms with van der Waals surface area (Å²) >= 11 is 0. The van der Waals surface area contributed by atoms with Crippen molar-refractivity contribution in [2.75, 3.05) is 57.8 Å². The molecule has 0 aliphatic carbocycles. The zero-order valence-electron chi connectivity index (χ0n) is 14.7. The standard InChI is InChI=1S/C16H25N5O4/c1-12-11-14(25-18-12)17-15(22)13(2)19-3-5-20(6-4-19)16(23)21-7-9-24-10-8-21/h11,13H,3-10H2,1-2H3,(H,17,22)/t13-/m0/s1. The largest absolute Gasteiger partial charge is 0.378 e. The molecule has 3 heterocycles. The summed E-state index contributed by atoms with van der Waals surface area (Å²) in [4.78, 5) is 30.6. The van der Waals surface area contributed by atoms with Crippen molar-refractivity contribution in [2.45, 2.75) is 19.9 Å². The lowest BCUT2D eigenvalue weighted by Gasteiger charge is -2.40. The summed E-state index contributed by atoms with van der Waals surface area (Å²) in [5, 5.41) is 6.49. The van der Waals surface area contributed by atoms with Crippen LogP contribution in [0.15, 0.2) is 10.6 Å². The molecule has 2 aliphatic heterocycles. The van der Waals surface area contributed by atoms with Crippen LogP contribution in [0.4, 0.5) is 10.7 Å². The van der Waals surface area contributed by atoms with Crippen molar-refractivity contribution in [1.29, 1.82) is 0 Å². The third kappa shape index (κ3) is 4.29. The predicted octanol–water partition coefficient (Wildman–Crippen LogP) is 0.380. The molecule has 0 saturated carbocycles. The van der Waals surface area contributed by atoms with Crippen molar-refractivity contribution in [3.05, 3.63) is 11.8 Å². The van der Waals surface area contributed by atoms with Gasteiger partial charge in [0.1, 0.15) is 0 Å².